The SMILES string of the molecule is CC1CCN(C2CC(=S)NCN2)CC1. The van der Waals surface area contributed by atoms with E-state index in [1.807, 2.05) is 0 Å². The summed E-state index contributed by atoms with van der Waals surface area (Å²) in [6.45, 7) is 5.62. The molecule has 2 rings (SSSR count). The van der Waals surface area contributed by atoms with Crippen molar-refractivity contribution in [2.24, 2.45) is 5.92 Å². The van der Waals surface area contributed by atoms with Crippen molar-refractivity contribution in [2.75, 3.05) is 19.8 Å². The Hall–Kier alpha value is -0.190. The molecule has 2 aliphatic rings. The van der Waals surface area contributed by atoms with Crippen molar-refractivity contribution < 1.29 is 0 Å². The van der Waals surface area contributed by atoms with Gasteiger partial charge in [-0.05, 0) is 31.8 Å². The monoisotopic (exact) mass is 213 g/mol. The van der Waals surface area contributed by atoms with Crippen LogP contribution in [0.15, 0.2) is 0 Å². The molecule has 0 aliphatic carbocycles. The molecule has 80 valence electrons. The fraction of sp³-hybridized carbons (Fsp3) is 0.900. The third-order valence-electron chi connectivity index (χ3n) is 3.26. The van der Waals surface area contributed by atoms with Crippen molar-refractivity contribution in [3.05, 3.63) is 0 Å². The van der Waals surface area contributed by atoms with Crippen molar-refractivity contribution in [1.82, 2.24) is 15.5 Å². The molecule has 0 spiro atoms. The van der Waals surface area contributed by atoms with Gasteiger partial charge in [0.15, 0.2) is 0 Å². The lowest BCUT2D eigenvalue weighted by molar-refractivity contribution is 0.114. The number of piperidine rings is 1. The molecule has 0 aromatic rings. The normalized spacial score (nSPS) is 31.5. The zero-order valence-electron chi connectivity index (χ0n) is 8.75. The van der Waals surface area contributed by atoms with Gasteiger partial charge in [0, 0.05) is 6.42 Å². The second-order valence-corrected chi connectivity index (χ2v) is 4.91. The lowest BCUT2D eigenvalue weighted by Gasteiger charge is -2.39. The number of hydrogen-bond acceptors (Lipinski definition) is 3. The van der Waals surface area contributed by atoms with Crippen LogP contribution in [-0.2, 0) is 0 Å². The van der Waals surface area contributed by atoms with Gasteiger partial charge in [-0.25, -0.2) is 0 Å². The summed E-state index contributed by atoms with van der Waals surface area (Å²) in [5.74, 6) is 0.903. The molecule has 2 fully saturated rings. The first-order valence-electron chi connectivity index (χ1n) is 5.50. The summed E-state index contributed by atoms with van der Waals surface area (Å²) in [5.41, 5.74) is 0. The minimum atomic E-state index is 0.483. The van der Waals surface area contributed by atoms with Gasteiger partial charge in [0.2, 0.25) is 0 Å². The molecule has 0 aromatic carbocycles. The van der Waals surface area contributed by atoms with Crippen LogP contribution in [0.4, 0.5) is 0 Å². The van der Waals surface area contributed by atoms with E-state index in [9.17, 15) is 0 Å². The Kier molecular flexibility index (Phi) is 3.36. The van der Waals surface area contributed by atoms with Crippen LogP contribution in [-0.4, -0.2) is 35.8 Å². The maximum absolute atomic E-state index is 5.20. The molecule has 0 amide bonds. The lowest BCUT2D eigenvalue weighted by Crippen LogP contribution is -2.57. The van der Waals surface area contributed by atoms with Crippen molar-refractivity contribution in [2.45, 2.75) is 32.4 Å². The molecule has 2 N–H and O–H groups in total. The first-order chi connectivity index (χ1) is 6.75. The van der Waals surface area contributed by atoms with Crippen LogP contribution in [0.2, 0.25) is 0 Å². The molecule has 4 heteroatoms. The fourth-order valence-corrected chi connectivity index (χ4v) is 2.42. The molecule has 0 bridgehead atoms. The summed E-state index contributed by atoms with van der Waals surface area (Å²) >= 11 is 5.20. The van der Waals surface area contributed by atoms with Crippen LogP contribution in [0.3, 0.4) is 0 Å². The summed E-state index contributed by atoms with van der Waals surface area (Å²) in [6.07, 6.45) is 4.12. The Labute approximate surface area is 91.2 Å². The van der Waals surface area contributed by atoms with E-state index in [-0.39, 0.29) is 0 Å². The molecule has 1 unspecified atom stereocenters. The topological polar surface area (TPSA) is 27.3 Å². The highest BCUT2D eigenvalue weighted by Gasteiger charge is 2.25. The smallest absolute Gasteiger partial charge is 0.0792 e. The van der Waals surface area contributed by atoms with E-state index in [0.717, 1.165) is 24.0 Å². The predicted octanol–water partition coefficient (Wildman–Crippen LogP) is 0.912. The van der Waals surface area contributed by atoms with Gasteiger partial charge >= 0.3 is 0 Å². The number of rotatable bonds is 1. The Morgan fingerprint density at radius 2 is 2.07 bits per heavy atom. The first kappa shape index (κ1) is 10.3. The molecule has 14 heavy (non-hydrogen) atoms. The number of nitrogens with one attached hydrogen (secondary N) is 2. The zero-order chi connectivity index (χ0) is 9.97. The van der Waals surface area contributed by atoms with Crippen molar-refractivity contribution in [3.8, 4) is 0 Å². The van der Waals surface area contributed by atoms with E-state index in [1.54, 1.807) is 0 Å². The van der Waals surface area contributed by atoms with Gasteiger partial charge in [-0.1, -0.05) is 19.1 Å². The molecule has 3 nitrogen and oxygen atoms in total. The highest BCUT2D eigenvalue weighted by Crippen LogP contribution is 2.18. The van der Waals surface area contributed by atoms with Crippen LogP contribution in [0, 0.1) is 5.92 Å². The Bertz CT molecular complexity index is 211. The van der Waals surface area contributed by atoms with Crippen LogP contribution >= 0.6 is 12.2 Å². The minimum absolute atomic E-state index is 0.483. The van der Waals surface area contributed by atoms with E-state index < -0.39 is 0 Å². The van der Waals surface area contributed by atoms with Crippen LogP contribution in [0.1, 0.15) is 26.2 Å². The average Bonchev–Trinajstić information content (AvgIpc) is 2.19. The second kappa shape index (κ2) is 4.55. The molecular formula is C10H19N3S. The second-order valence-electron chi connectivity index (χ2n) is 4.42. The van der Waals surface area contributed by atoms with Crippen LogP contribution in [0.25, 0.3) is 0 Å². The third-order valence-corrected chi connectivity index (χ3v) is 3.57. The summed E-state index contributed by atoms with van der Waals surface area (Å²) in [6, 6.07) is 0. The molecule has 0 aromatic heterocycles. The summed E-state index contributed by atoms with van der Waals surface area (Å²) in [5, 5.41) is 6.61. The highest BCUT2D eigenvalue weighted by molar-refractivity contribution is 7.80. The van der Waals surface area contributed by atoms with Gasteiger partial charge in [0.25, 0.3) is 0 Å². The fourth-order valence-electron chi connectivity index (χ4n) is 2.19. The van der Waals surface area contributed by atoms with E-state index >= 15 is 0 Å². The Morgan fingerprint density at radius 1 is 1.36 bits per heavy atom. The number of nitrogens with zero attached hydrogens (tertiary/aromatic N) is 1. The maximum atomic E-state index is 5.20. The van der Waals surface area contributed by atoms with Crippen LogP contribution < -0.4 is 10.6 Å². The van der Waals surface area contributed by atoms with Gasteiger partial charge in [-0.2, -0.15) is 0 Å². The lowest BCUT2D eigenvalue weighted by atomic mass is 9.98. The molecule has 0 saturated carbocycles. The first-order valence-corrected chi connectivity index (χ1v) is 5.90. The number of thiocarbonyl (C=S) groups is 1. The van der Waals surface area contributed by atoms with Crippen molar-refractivity contribution in [3.63, 3.8) is 0 Å². The van der Waals surface area contributed by atoms with E-state index in [2.05, 4.69) is 22.5 Å². The van der Waals surface area contributed by atoms with Crippen molar-refractivity contribution >= 4 is 17.2 Å². The standard InChI is InChI=1S/C10H19N3S/c1-8-2-4-13(5-3-8)9-6-10(14)12-7-11-9/h8-9,11H,2-7H2,1H3,(H,12,14). The summed E-state index contributed by atoms with van der Waals surface area (Å²) in [7, 11) is 0. The van der Waals surface area contributed by atoms with Gasteiger partial charge < -0.3 is 5.32 Å². The van der Waals surface area contributed by atoms with E-state index in [0.29, 0.717) is 6.17 Å². The van der Waals surface area contributed by atoms with E-state index in [1.165, 1.54) is 25.9 Å². The number of likely N-dealkylation sites (tertiary alicyclic amines) is 1. The van der Waals surface area contributed by atoms with Gasteiger partial charge in [0.05, 0.1) is 17.8 Å². The summed E-state index contributed by atoms with van der Waals surface area (Å²) < 4.78 is 0. The third kappa shape index (κ3) is 2.43. The Morgan fingerprint density at radius 3 is 2.71 bits per heavy atom. The molecular weight excluding hydrogens is 194 g/mol. The molecule has 1 atom stereocenters. The van der Waals surface area contributed by atoms with E-state index in [4.69, 9.17) is 12.2 Å². The molecule has 2 heterocycles. The quantitative estimate of drug-likeness (QED) is 0.633. The van der Waals surface area contributed by atoms with Gasteiger partial charge in [0.1, 0.15) is 0 Å². The molecule has 2 saturated heterocycles. The van der Waals surface area contributed by atoms with Crippen molar-refractivity contribution in [1.29, 1.82) is 0 Å². The van der Waals surface area contributed by atoms with Crippen LogP contribution in [0.5, 0.6) is 0 Å². The Balaban J connectivity index is 1.85. The number of hydrogen-bond donors (Lipinski definition) is 2. The predicted molar refractivity (Wildman–Crippen MR) is 62.1 cm³/mol. The molecule has 0 radical (unpaired) electrons. The largest absolute Gasteiger partial charge is 0.367 e. The summed E-state index contributed by atoms with van der Waals surface area (Å²) in [4.78, 5) is 3.54. The minimum Gasteiger partial charge on any atom is -0.367 e. The highest BCUT2D eigenvalue weighted by atomic mass is 32.1. The average molecular weight is 213 g/mol. The van der Waals surface area contributed by atoms with Gasteiger partial charge in [-0.3, -0.25) is 10.2 Å². The maximum Gasteiger partial charge on any atom is 0.0792 e. The zero-order valence-corrected chi connectivity index (χ0v) is 9.57. The molecule has 2 aliphatic heterocycles. The van der Waals surface area contributed by atoms with Gasteiger partial charge in [-0.15, -0.1) is 0 Å².